The topological polar surface area (TPSA) is 194 Å². The molecule has 5 saturated carbocycles. The molecule has 6 atom stereocenters. The van der Waals surface area contributed by atoms with Gasteiger partial charge in [-0.1, -0.05) is 160 Å². The monoisotopic (exact) mass is 1840 g/mol. The van der Waals surface area contributed by atoms with Crippen molar-refractivity contribution in [3.63, 3.8) is 0 Å². The maximum Gasteiger partial charge on any atom is 1.00 e. The third kappa shape index (κ3) is 55.6. The van der Waals surface area contributed by atoms with Gasteiger partial charge in [0.25, 0.3) is 0 Å². The maximum absolute atomic E-state index is 12.3. The average Bonchev–Trinajstić information content (AvgIpc) is 1.34. The summed E-state index contributed by atoms with van der Waals surface area (Å²) in [5.74, 6) is 2.68. The first kappa shape index (κ1) is 120. The molecular formula is C100H182BIN4NaO15. The molecule has 0 amide bonds. The van der Waals surface area contributed by atoms with E-state index in [1.54, 1.807) is 42.5 Å². The fraction of sp³-hybridized carbons (Fsp3) is 0.940. The maximum atomic E-state index is 12.3. The Hall–Kier alpha value is -1.59. The summed E-state index contributed by atoms with van der Waals surface area (Å²) in [5.41, 5.74) is 0. The Morgan fingerprint density at radius 2 is 0.828 bits per heavy atom. The number of nitrogens with zero attached hydrogens (tertiary/aromatic N) is 4. The third-order valence-electron chi connectivity index (χ3n) is 26.9. The first-order chi connectivity index (χ1) is 58.5. The standard InChI is InChI=1S/C20H35NO3.C18H33NO2.C18H31NO2.C18H32O3.C11H21IO2.C9H15NO.C4H8O.C2H6O.B.Na.H/c1-4-5-6-7-13-20(23-15-16-24-20)14-12-19(21-2)17-8-10-18(22-3)11-9-17;2*1-4-5-6-7-8-16(20)11-14-18(19-2)15-9-12-17(21-3)13-10-15;1-3-4-5-6-7-16-12-13-17(18(19)21-16)14-8-10-15(20-2)11-9-14;1-2-3-4-5-6-11(7-8-12)13-9-10-14-11;1-10-7-8-3-5-9(11-2)6-4-8;1-2-4-5-3-1;1-2-3;;;/h17-19H,4-16H2,1,3H3;15-18,20H,4-14H2,1,3H3;15,17-18H,4-14H2,1,3H3;14-17H,3-13H2,1-2H3;2-10H2,1H3;8-9H,3-7H2,2H3;1-4H2;3H,2H2,1H3;;;/q;;;;;;;;;+1;-1. The first-order valence-electron chi connectivity index (χ1n) is 49.3. The number of aliphatic hydroxyl groups excluding tert-OH is 2. The van der Waals surface area contributed by atoms with Gasteiger partial charge in [-0.25, -0.2) is 26.3 Å². The molecule has 22 heteroatoms. The van der Waals surface area contributed by atoms with E-state index in [0.717, 1.165) is 256 Å². The van der Waals surface area contributed by atoms with E-state index in [2.05, 4.69) is 76.6 Å². The molecule has 0 aromatic carbocycles. The Labute approximate surface area is 787 Å². The number of ether oxygens (including phenoxy) is 11. The Kier molecular flexibility index (Phi) is 79.2. The zero-order valence-corrected chi connectivity index (χ0v) is 84.3. The summed E-state index contributed by atoms with van der Waals surface area (Å²) in [5, 5.41) is 17.6. The number of carbonyl (C=O) groups is 2. The molecule has 0 aromatic heterocycles. The van der Waals surface area contributed by atoms with Crippen LogP contribution in [0.25, 0.3) is 19.4 Å². The second-order valence-corrected chi connectivity index (χ2v) is 37.0. The number of ketones is 1. The third-order valence-corrected chi connectivity index (χ3v) is 27.5. The second-order valence-electron chi connectivity index (χ2n) is 35.9. The molecule has 9 fully saturated rings. The van der Waals surface area contributed by atoms with E-state index in [9.17, 15) is 14.7 Å². The van der Waals surface area contributed by atoms with Crippen LogP contribution in [0.5, 0.6) is 0 Å². The molecular weight excluding hydrogens is 1660 g/mol. The minimum Gasteiger partial charge on any atom is -1.00 e. The SMILES string of the molecule is C1CCOC1.CCCCCCC1(CCI)OCCO1.CCCCCCC1CCC(C2CCC(OC)CC2)C(=O)O1.CCO.[B].[C-]#[N+]C(CCC(=O)CCCCCC)C1CCC(OC)CC1.[C-]#[N+]C(CCC(O)CCCCCC)C1CCC(OC)CC1.[C-]#[N+]C(CCC1(CCCCCC)OCCO1)C1CCC(OC)CC1.[C-]#[N+]CC1CCC(OC)CC1.[H-].[Na+]. The number of hydrogen-bond donors (Lipinski definition) is 2. The Morgan fingerprint density at radius 3 is 1.20 bits per heavy atom. The summed E-state index contributed by atoms with van der Waals surface area (Å²) in [6, 6.07) is 0.263. The van der Waals surface area contributed by atoms with Gasteiger partial charge in [0.15, 0.2) is 11.6 Å². The van der Waals surface area contributed by atoms with Gasteiger partial charge in [-0.15, -0.1) is 0 Å². The fourth-order valence-corrected chi connectivity index (χ4v) is 19.8. The number of Topliss-reactive ketones (excluding diaryl/α,β-unsaturated/α-hetero) is 1. The Balaban J connectivity index is 0. The summed E-state index contributed by atoms with van der Waals surface area (Å²) >= 11 is 2.40. The quantitative estimate of drug-likeness (QED) is 0.0146. The van der Waals surface area contributed by atoms with Crippen molar-refractivity contribution in [2.45, 2.75) is 474 Å². The smallest absolute Gasteiger partial charge is 1.00 e. The number of unbranched alkanes of at least 4 members (excludes halogenated alkanes) is 15. The molecule has 0 bridgehead atoms. The number of esters is 1. The van der Waals surface area contributed by atoms with Crippen LogP contribution in [-0.2, 0) is 61.7 Å². The van der Waals surface area contributed by atoms with Gasteiger partial charge in [0.05, 0.1) is 69.0 Å². The number of rotatable bonds is 46. The summed E-state index contributed by atoms with van der Waals surface area (Å²) in [6.45, 7) is 47.9. The molecule has 9 rings (SSSR count). The number of methoxy groups -OCH3 is 5. The number of carbonyl (C=O) groups excluding carboxylic acids is 2. The van der Waals surface area contributed by atoms with Crippen molar-refractivity contribution in [2.75, 3.05) is 92.8 Å². The number of alkyl halides is 1. The van der Waals surface area contributed by atoms with E-state index in [4.69, 9.17) is 83.5 Å². The molecule has 703 valence electrons. The summed E-state index contributed by atoms with van der Waals surface area (Å²) in [4.78, 5) is 39.2. The van der Waals surface area contributed by atoms with Crippen molar-refractivity contribution in [2.24, 2.45) is 35.5 Å². The van der Waals surface area contributed by atoms with Crippen LogP contribution in [0.15, 0.2) is 0 Å². The molecule has 9 aliphatic rings. The average molecular weight is 1840 g/mol. The van der Waals surface area contributed by atoms with E-state index >= 15 is 0 Å². The summed E-state index contributed by atoms with van der Waals surface area (Å²) in [7, 11) is 8.93. The molecule has 122 heavy (non-hydrogen) atoms. The van der Waals surface area contributed by atoms with Gasteiger partial charge in [0, 0.05) is 150 Å². The summed E-state index contributed by atoms with van der Waals surface area (Å²) < 4.78 is 62.1. The van der Waals surface area contributed by atoms with Gasteiger partial charge in [0.2, 0.25) is 24.7 Å². The fourth-order valence-electron chi connectivity index (χ4n) is 19.0. The molecule has 4 aliphatic heterocycles. The molecule has 2 N–H and O–H groups in total. The van der Waals surface area contributed by atoms with Crippen molar-refractivity contribution in [1.29, 1.82) is 0 Å². The zero-order valence-electron chi connectivity index (χ0n) is 81.1. The van der Waals surface area contributed by atoms with E-state index in [1.165, 1.54) is 128 Å². The molecule has 3 radical (unpaired) electrons. The normalized spacial score (nSPS) is 25.9. The number of halogens is 1. The van der Waals surface area contributed by atoms with Crippen LogP contribution >= 0.6 is 22.6 Å². The van der Waals surface area contributed by atoms with Crippen molar-refractivity contribution in [3.05, 3.63) is 45.7 Å². The van der Waals surface area contributed by atoms with E-state index in [-0.39, 0.29) is 94.0 Å². The van der Waals surface area contributed by atoms with E-state index in [1.807, 2.05) is 0 Å². The van der Waals surface area contributed by atoms with Crippen LogP contribution in [0, 0.1) is 61.8 Å². The first-order valence-corrected chi connectivity index (χ1v) is 50.8. The van der Waals surface area contributed by atoms with Gasteiger partial charge in [-0.3, -0.25) is 9.59 Å². The summed E-state index contributed by atoms with van der Waals surface area (Å²) in [6.07, 6.45) is 64.2. The predicted octanol–water partition coefficient (Wildman–Crippen LogP) is 22.0. The van der Waals surface area contributed by atoms with Crippen LogP contribution in [0.2, 0.25) is 0 Å². The van der Waals surface area contributed by atoms with Crippen molar-refractivity contribution in [3.8, 4) is 0 Å². The van der Waals surface area contributed by atoms with Crippen LogP contribution in [-0.4, -0.2) is 196 Å². The van der Waals surface area contributed by atoms with E-state index < -0.39 is 5.79 Å². The Morgan fingerprint density at radius 1 is 0.451 bits per heavy atom. The van der Waals surface area contributed by atoms with E-state index in [0.29, 0.717) is 91.9 Å². The van der Waals surface area contributed by atoms with Crippen LogP contribution in [0.3, 0.4) is 0 Å². The Bertz CT molecular complexity index is 2560. The number of hydrogen-bond acceptors (Lipinski definition) is 15. The van der Waals surface area contributed by atoms with Gasteiger partial charge in [-0.05, 0) is 212 Å². The molecule has 6 unspecified atom stereocenters. The molecule has 4 heterocycles. The molecule has 4 saturated heterocycles. The van der Waals surface area contributed by atoms with Crippen molar-refractivity contribution in [1.82, 2.24) is 0 Å². The largest absolute Gasteiger partial charge is 1.00 e. The molecule has 0 aromatic rings. The van der Waals surface area contributed by atoms with Gasteiger partial charge in [-0.2, -0.15) is 0 Å². The number of cyclic esters (lactones) is 1. The van der Waals surface area contributed by atoms with Crippen molar-refractivity contribution < 1.29 is 103 Å². The molecule has 19 nitrogen and oxygen atoms in total. The second kappa shape index (κ2) is 80.3. The molecule has 5 aliphatic carbocycles. The van der Waals surface area contributed by atoms with Gasteiger partial charge in [0.1, 0.15) is 11.9 Å². The van der Waals surface area contributed by atoms with Crippen LogP contribution in [0.4, 0.5) is 0 Å². The van der Waals surface area contributed by atoms with Crippen LogP contribution in [0.1, 0.15) is 403 Å². The minimum atomic E-state index is -0.402. The molecule has 0 spiro atoms. The van der Waals surface area contributed by atoms with Gasteiger partial charge < -0.3 is 83.1 Å². The number of aliphatic hydroxyl groups is 2. The van der Waals surface area contributed by atoms with Gasteiger partial charge >= 0.3 is 35.5 Å². The predicted molar refractivity (Wildman–Crippen MR) is 504 cm³/mol. The minimum absolute atomic E-state index is 0. The van der Waals surface area contributed by atoms with Crippen LogP contribution < -0.4 is 29.6 Å². The zero-order chi connectivity index (χ0) is 88.0. The van der Waals surface area contributed by atoms with Crippen molar-refractivity contribution >= 4 is 42.8 Å².